The Labute approximate surface area is 164 Å². The van der Waals surface area contributed by atoms with E-state index < -0.39 is 0 Å². The lowest BCUT2D eigenvalue weighted by atomic mass is 10.0. The summed E-state index contributed by atoms with van der Waals surface area (Å²) in [6.07, 6.45) is 0. The van der Waals surface area contributed by atoms with E-state index in [-0.39, 0.29) is 11.5 Å². The Hall–Kier alpha value is -3.96. The average Bonchev–Trinajstić information content (AvgIpc) is 2.76. The van der Waals surface area contributed by atoms with Crippen LogP contribution in [-0.4, -0.2) is 10.2 Å². The highest BCUT2D eigenvalue weighted by Gasteiger charge is 2.11. The molecule has 2 heteroatoms. The van der Waals surface area contributed by atoms with Gasteiger partial charge in [-0.25, -0.2) is 0 Å². The summed E-state index contributed by atoms with van der Waals surface area (Å²) in [6, 6.07) is 31.0. The van der Waals surface area contributed by atoms with Gasteiger partial charge in [-0.3, -0.25) is 0 Å². The van der Waals surface area contributed by atoms with Crippen LogP contribution in [0.1, 0.15) is 11.1 Å². The van der Waals surface area contributed by atoms with Crippen molar-refractivity contribution in [1.29, 1.82) is 0 Å². The molecule has 0 aliphatic carbocycles. The van der Waals surface area contributed by atoms with Gasteiger partial charge in [0.15, 0.2) is 11.5 Å². The largest absolute Gasteiger partial charge is 0.504 e. The van der Waals surface area contributed by atoms with Gasteiger partial charge in [0, 0.05) is 11.1 Å². The Balaban J connectivity index is 1.60. The van der Waals surface area contributed by atoms with Crippen LogP contribution in [0.4, 0.5) is 0 Å². The van der Waals surface area contributed by atoms with Crippen LogP contribution in [0.3, 0.4) is 0 Å². The first-order valence-electron chi connectivity index (χ1n) is 9.00. The van der Waals surface area contributed by atoms with Gasteiger partial charge < -0.3 is 10.2 Å². The van der Waals surface area contributed by atoms with Crippen LogP contribution < -0.4 is 0 Å². The molecule has 4 rings (SSSR count). The lowest BCUT2D eigenvalue weighted by molar-refractivity contribution is 0.404. The normalized spacial score (nSPS) is 10.1. The summed E-state index contributed by atoms with van der Waals surface area (Å²) in [7, 11) is 0. The molecule has 0 bridgehead atoms. The molecule has 0 spiro atoms. The van der Waals surface area contributed by atoms with Gasteiger partial charge in [0.1, 0.15) is 0 Å². The van der Waals surface area contributed by atoms with Crippen molar-refractivity contribution in [3.8, 4) is 45.6 Å². The predicted octanol–water partition coefficient (Wildman–Crippen LogP) is 5.83. The van der Waals surface area contributed by atoms with E-state index >= 15 is 0 Å². The Morgan fingerprint density at radius 1 is 0.464 bits per heavy atom. The molecule has 2 N–H and O–H groups in total. The number of benzene rings is 4. The van der Waals surface area contributed by atoms with Crippen LogP contribution in [0.2, 0.25) is 0 Å². The van der Waals surface area contributed by atoms with Crippen LogP contribution in [0, 0.1) is 11.8 Å². The molecule has 134 valence electrons. The molecule has 0 aliphatic heterocycles. The van der Waals surface area contributed by atoms with Gasteiger partial charge >= 0.3 is 0 Å². The van der Waals surface area contributed by atoms with Crippen LogP contribution in [0.5, 0.6) is 11.5 Å². The molecule has 4 aromatic carbocycles. The molecule has 0 radical (unpaired) electrons. The van der Waals surface area contributed by atoms with Crippen LogP contribution >= 0.6 is 0 Å². The molecule has 4 aromatic rings. The van der Waals surface area contributed by atoms with Crippen molar-refractivity contribution in [2.24, 2.45) is 0 Å². The van der Waals surface area contributed by atoms with Gasteiger partial charge in [-0.05, 0) is 41.0 Å². The van der Waals surface area contributed by atoms with Gasteiger partial charge in [-0.2, -0.15) is 0 Å². The highest BCUT2D eigenvalue weighted by molar-refractivity contribution is 5.75. The third-order valence-electron chi connectivity index (χ3n) is 4.57. The number of phenols is 2. The van der Waals surface area contributed by atoms with Crippen molar-refractivity contribution >= 4 is 0 Å². The summed E-state index contributed by atoms with van der Waals surface area (Å²) < 4.78 is 0. The van der Waals surface area contributed by atoms with Gasteiger partial charge in [0.05, 0.1) is 5.56 Å². The maximum atomic E-state index is 10.4. The number of hydrogen-bond donors (Lipinski definition) is 2. The Kier molecular flexibility index (Phi) is 4.82. The zero-order valence-corrected chi connectivity index (χ0v) is 15.1. The third kappa shape index (κ3) is 3.60. The minimum absolute atomic E-state index is 0.155. The van der Waals surface area contributed by atoms with E-state index in [0.29, 0.717) is 11.1 Å². The Bertz CT molecular complexity index is 1150. The SMILES string of the molecule is Oc1c(C#Cc2ccc(-c3ccccc3)cc2)ccc(-c2ccccc2)c1O. The van der Waals surface area contributed by atoms with Crippen molar-refractivity contribution in [3.05, 3.63) is 108 Å². The summed E-state index contributed by atoms with van der Waals surface area (Å²) in [6.45, 7) is 0. The monoisotopic (exact) mass is 362 g/mol. The summed E-state index contributed by atoms with van der Waals surface area (Å²) in [4.78, 5) is 0. The summed E-state index contributed by atoms with van der Waals surface area (Å²) >= 11 is 0. The first-order valence-corrected chi connectivity index (χ1v) is 9.00. The van der Waals surface area contributed by atoms with Gasteiger partial charge in [0.2, 0.25) is 0 Å². The second kappa shape index (κ2) is 7.73. The van der Waals surface area contributed by atoms with E-state index in [1.54, 1.807) is 12.1 Å². The number of aromatic hydroxyl groups is 2. The lowest BCUT2D eigenvalue weighted by Crippen LogP contribution is -1.84. The maximum Gasteiger partial charge on any atom is 0.174 e. The van der Waals surface area contributed by atoms with Gasteiger partial charge in [-0.15, -0.1) is 0 Å². The molecule has 0 aromatic heterocycles. The summed E-state index contributed by atoms with van der Waals surface area (Å²) in [5.74, 6) is 5.64. The van der Waals surface area contributed by atoms with E-state index in [1.807, 2.05) is 72.8 Å². The molecule has 28 heavy (non-hydrogen) atoms. The zero-order chi connectivity index (χ0) is 19.3. The molecule has 0 aliphatic rings. The molecule has 0 saturated heterocycles. The molecular formula is C26H18O2. The topological polar surface area (TPSA) is 40.5 Å². The van der Waals surface area contributed by atoms with Crippen molar-refractivity contribution in [2.75, 3.05) is 0 Å². The summed E-state index contributed by atoms with van der Waals surface area (Å²) in [5, 5.41) is 20.7. The first-order chi connectivity index (χ1) is 13.7. The Morgan fingerprint density at radius 3 is 1.68 bits per heavy atom. The van der Waals surface area contributed by atoms with Crippen molar-refractivity contribution in [1.82, 2.24) is 0 Å². The fourth-order valence-corrected chi connectivity index (χ4v) is 3.05. The molecule has 0 atom stereocenters. The molecule has 0 amide bonds. The van der Waals surface area contributed by atoms with Crippen LogP contribution in [0.25, 0.3) is 22.3 Å². The minimum Gasteiger partial charge on any atom is -0.504 e. The van der Waals surface area contributed by atoms with E-state index in [4.69, 9.17) is 0 Å². The maximum absolute atomic E-state index is 10.4. The highest BCUT2D eigenvalue weighted by atomic mass is 16.3. The van der Waals surface area contributed by atoms with E-state index in [1.165, 1.54) is 0 Å². The quantitative estimate of drug-likeness (QED) is 0.348. The minimum atomic E-state index is -0.199. The zero-order valence-electron chi connectivity index (χ0n) is 15.1. The fraction of sp³-hybridized carbons (Fsp3) is 0. The van der Waals surface area contributed by atoms with Gasteiger partial charge in [-0.1, -0.05) is 84.6 Å². The van der Waals surface area contributed by atoms with Crippen LogP contribution in [-0.2, 0) is 0 Å². The predicted molar refractivity (Wildman–Crippen MR) is 113 cm³/mol. The van der Waals surface area contributed by atoms with Gasteiger partial charge in [0.25, 0.3) is 0 Å². The second-order valence-corrected chi connectivity index (χ2v) is 6.42. The first kappa shape index (κ1) is 17.5. The molecule has 0 heterocycles. The number of phenolic OH excluding ortho intramolecular Hbond substituents is 2. The molecule has 0 fully saturated rings. The smallest absolute Gasteiger partial charge is 0.174 e. The standard InChI is InChI=1S/C26H18O2/c27-25-23(17-18-24(26(25)28)22-9-5-2-6-10-22)16-13-19-11-14-21(15-12-19)20-7-3-1-4-8-20/h1-12,14-15,17-18,27-28H. The lowest BCUT2D eigenvalue weighted by Gasteiger charge is -2.08. The van der Waals surface area contributed by atoms with E-state index in [9.17, 15) is 10.2 Å². The summed E-state index contributed by atoms with van der Waals surface area (Å²) in [5.41, 5.74) is 4.93. The fourth-order valence-electron chi connectivity index (χ4n) is 3.05. The molecule has 0 saturated carbocycles. The molecule has 0 unspecified atom stereocenters. The molecule has 2 nitrogen and oxygen atoms in total. The number of hydrogen-bond acceptors (Lipinski definition) is 2. The van der Waals surface area contributed by atoms with Crippen LogP contribution in [0.15, 0.2) is 97.1 Å². The molecular weight excluding hydrogens is 344 g/mol. The van der Waals surface area contributed by atoms with E-state index in [2.05, 4.69) is 24.0 Å². The highest BCUT2D eigenvalue weighted by Crippen LogP contribution is 2.38. The van der Waals surface area contributed by atoms with E-state index in [0.717, 1.165) is 22.3 Å². The average molecular weight is 362 g/mol. The Morgan fingerprint density at radius 2 is 1.04 bits per heavy atom. The number of rotatable bonds is 2. The van der Waals surface area contributed by atoms with Crippen molar-refractivity contribution in [2.45, 2.75) is 0 Å². The third-order valence-corrected chi connectivity index (χ3v) is 4.57. The van der Waals surface area contributed by atoms with Crippen molar-refractivity contribution < 1.29 is 10.2 Å². The van der Waals surface area contributed by atoms with Crippen molar-refractivity contribution in [3.63, 3.8) is 0 Å². The second-order valence-electron chi connectivity index (χ2n) is 6.42.